The molecule has 1 fully saturated rings. The highest BCUT2D eigenvalue weighted by atomic mass is 16.5. The molecule has 1 aliphatic heterocycles. The van der Waals surface area contributed by atoms with Crippen molar-refractivity contribution in [2.24, 2.45) is 0 Å². The Hall–Kier alpha value is -3.74. The number of aromatic nitrogens is 3. The molecule has 4 rings (SSSR count). The molecule has 3 aromatic rings. The topological polar surface area (TPSA) is 75.3 Å². The maximum atomic E-state index is 5.99. The number of piperidine rings is 1. The third-order valence-corrected chi connectivity index (χ3v) is 6.22. The lowest BCUT2D eigenvalue weighted by Gasteiger charge is -2.28. The van der Waals surface area contributed by atoms with E-state index in [9.17, 15) is 0 Å². The summed E-state index contributed by atoms with van der Waals surface area (Å²) in [5, 5.41) is 4.58. The molecule has 35 heavy (non-hydrogen) atoms. The van der Waals surface area contributed by atoms with Gasteiger partial charge in [0.1, 0.15) is 24.8 Å². The number of fused-ring (bicyclic) bond motifs is 1. The summed E-state index contributed by atoms with van der Waals surface area (Å²) in [7, 11) is 0. The van der Waals surface area contributed by atoms with E-state index in [-0.39, 0.29) is 0 Å². The van der Waals surface area contributed by atoms with Crippen molar-refractivity contribution in [2.45, 2.75) is 40.0 Å². The fourth-order valence-electron chi connectivity index (χ4n) is 4.19. The largest absolute Gasteiger partial charge is 0.490 e. The molecule has 2 aromatic heterocycles. The van der Waals surface area contributed by atoms with Crippen LogP contribution in [0, 0.1) is 13.8 Å². The SMILES string of the molecule is C=C/C=C\C(=C/C)OCCOc1cc(N2CCCCC2)nc(Nc2ccc3[nH]c(C)c(C)c3c2)n1. The molecule has 0 saturated carbocycles. The highest BCUT2D eigenvalue weighted by molar-refractivity contribution is 5.88. The Kier molecular flexibility index (Phi) is 8.08. The van der Waals surface area contributed by atoms with Crippen LogP contribution in [0.4, 0.5) is 17.5 Å². The quantitative estimate of drug-likeness (QED) is 0.203. The molecule has 0 spiro atoms. The van der Waals surface area contributed by atoms with Gasteiger partial charge in [0.25, 0.3) is 0 Å². The van der Waals surface area contributed by atoms with Crippen molar-refractivity contribution < 1.29 is 9.47 Å². The summed E-state index contributed by atoms with van der Waals surface area (Å²) in [5.41, 5.74) is 4.50. The van der Waals surface area contributed by atoms with Crippen LogP contribution in [0.1, 0.15) is 37.4 Å². The maximum absolute atomic E-state index is 5.99. The summed E-state index contributed by atoms with van der Waals surface area (Å²) in [6, 6.07) is 8.18. The van der Waals surface area contributed by atoms with E-state index in [2.05, 4.69) is 52.7 Å². The molecular formula is C28H35N5O2. The minimum Gasteiger partial charge on any atom is -0.490 e. The van der Waals surface area contributed by atoms with Gasteiger partial charge < -0.3 is 24.7 Å². The Morgan fingerprint density at radius 1 is 1.14 bits per heavy atom. The predicted molar refractivity (Wildman–Crippen MR) is 144 cm³/mol. The van der Waals surface area contributed by atoms with Crippen molar-refractivity contribution >= 4 is 28.4 Å². The third-order valence-electron chi connectivity index (χ3n) is 6.22. The number of aromatic amines is 1. The van der Waals surface area contributed by atoms with Crippen molar-refractivity contribution in [2.75, 3.05) is 36.5 Å². The number of aryl methyl sites for hydroxylation is 2. The lowest BCUT2D eigenvalue weighted by molar-refractivity contribution is 0.160. The summed E-state index contributed by atoms with van der Waals surface area (Å²) in [6.45, 7) is 12.6. The molecule has 7 nitrogen and oxygen atoms in total. The molecule has 7 heteroatoms. The van der Waals surface area contributed by atoms with Crippen molar-refractivity contribution in [3.05, 3.63) is 72.2 Å². The molecule has 0 radical (unpaired) electrons. The fraction of sp³-hybridized carbons (Fsp3) is 0.357. The summed E-state index contributed by atoms with van der Waals surface area (Å²) >= 11 is 0. The summed E-state index contributed by atoms with van der Waals surface area (Å²) in [4.78, 5) is 15.2. The Morgan fingerprint density at radius 2 is 1.97 bits per heavy atom. The van der Waals surface area contributed by atoms with Gasteiger partial charge in [-0.05, 0) is 75.9 Å². The van der Waals surface area contributed by atoms with Gasteiger partial charge in [-0.25, -0.2) is 0 Å². The van der Waals surface area contributed by atoms with Gasteiger partial charge in [-0.15, -0.1) is 0 Å². The van der Waals surface area contributed by atoms with Crippen LogP contribution >= 0.6 is 0 Å². The van der Waals surface area contributed by atoms with Crippen LogP contribution in [0.3, 0.4) is 0 Å². The summed E-state index contributed by atoms with van der Waals surface area (Å²) in [6.07, 6.45) is 10.9. The van der Waals surface area contributed by atoms with E-state index in [4.69, 9.17) is 14.5 Å². The molecule has 0 aliphatic carbocycles. The van der Waals surface area contributed by atoms with Gasteiger partial charge in [0, 0.05) is 41.4 Å². The van der Waals surface area contributed by atoms with Gasteiger partial charge in [-0.2, -0.15) is 9.97 Å². The standard InChI is InChI=1S/C28H35N5O2/c1-5-7-11-23(6-2)34-16-17-35-27-19-26(33-14-9-8-10-15-33)31-28(32-27)30-22-12-13-25-24(18-22)20(3)21(4)29-25/h5-7,11-13,18-19,29H,1,8-10,14-17H2,2-4H3,(H,30,31,32)/b11-7-,23-6+. The number of nitrogens with zero attached hydrogens (tertiary/aromatic N) is 3. The molecule has 0 amide bonds. The summed E-state index contributed by atoms with van der Waals surface area (Å²) < 4.78 is 11.8. The lowest BCUT2D eigenvalue weighted by Crippen LogP contribution is -2.30. The Balaban J connectivity index is 1.51. The molecule has 0 bridgehead atoms. The van der Waals surface area contributed by atoms with Crippen molar-refractivity contribution in [1.29, 1.82) is 0 Å². The zero-order chi connectivity index (χ0) is 24.6. The molecule has 2 N–H and O–H groups in total. The first-order chi connectivity index (χ1) is 17.1. The number of H-pyrrole nitrogens is 1. The van der Waals surface area contributed by atoms with E-state index in [0.29, 0.717) is 25.0 Å². The van der Waals surface area contributed by atoms with Crippen molar-refractivity contribution in [3.8, 4) is 5.88 Å². The van der Waals surface area contributed by atoms with E-state index in [1.165, 1.54) is 35.9 Å². The van der Waals surface area contributed by atoms with Gasteiger partial charge in [0.15, 0.2) is 0 Å². The minimum atomic E-state index is 0.378. The van der Waals surface area contributed by atoms with E-state index in [1.807, 2.05) is 37.3 Å². The van der Waals surface area contributed by atoms with Crippen molar-refractivity contribution in [3.63, 3.8) is 0 Å². The second-order valence-electron chi connectivity index (χ2n) is 8.68. The molecule has 1 aliphatic rings. The van der Waals surface area contributed by atoms with Gasteiger partial charge in [-0.1, -0.05) is 18.7 Å². The number of nitrogens with one attached hydrogen (secondary N) is 2. The summed E-state index contributed by atoms with van der Waals surface area (Å²) in [5.74, 6) is 2.72. The zero-order valence-corrected chi connectivity index (χ0v) is 20.9. The minimum absolute atomic E-state index is 0.378. The highest BCUT2D eigenvalue weighted by Crippen LogP contribution is 2.28. The molecule has 0 atom stereocenters. The maximum Gasteiger partial charge on any atom is 0.232 e. The molecule has 1 aromatic carbocycles. The Labute approximate surface area is 207 Å². The predicted octanol–water partition coefficient (Wildman–Crippen LogP) is 6.35. The fourth-order valence-corrected chi connectivity index (χ4v) is 4.19. The number of benzene rings is 1. The monoisotopic (exact) mass is 473 g/mol. The van der Waals surface area contributed by atoms with Gasteiger partial charge in [-0.3, -0.25) is 0 Å². The van der Waals surface area contributed by atoms with Crippen LogP contribution in [-0.4, -0.2) is 41.3 Å². The second-order valence-corrected chi connectivity index (χ2v) is 8.68. The average Bonchev–Trinajstić information content (AvgIpc) is 3.17. The number of hydrogen-bond donors (Lipinski definition) is 2. The van der Waals surface area contributed by atoms with E-state index >= 15 is 0 Å². The smallest absolute Gasteiger partial charge is 0.232 e. The van der Waals surface area contributed by atoms with Gasteiger partial charge >= 0.3 is 0 Å². The first kappa shape index (κ1) is 24.4. The van der Waals surface area contributed by atoms with Crippen LogP contribution < -0.4 is 15.0 Å². The highest BCUT2D eigenvalue weighted by Gasteiger charge is 2.16. The van der Waals surface area contributed by atoms with Crippen molar-refractivity contribution in [1.82, 2.24) is 15.0 Å². The molecule has 1 saturated heterocycles. The number of rotatable bonds is 10. The average molecular weight is 474 g/mol. The number of anilines is 3. The van der Waals surface area contributed by atoms with E-state index < -0.39 is 0 Å². The van der Waals surface area contributed by atoms with Crippen LogP contribution in [0.2, 0.25) is 0 Å². The third kappa shape index (κ3) is 6.23. The number of allylic oxidation sites excluding steroid dienone is 4. The first-order valence-electron chi connectivity index (χ1n) is 12.3. The number of ether oxygens (including phenoxy) is 2. The molecule has 3 heterocycles. The van der Waals surface area contributed by atoms with E-state index in [0.717, 1.165) is 35.9 Å². The Bertz CT molecular complexity index is 1220. The lowest BCUT2D eigenvalue weighted by atomic mass is 10.1. The normalized spacial score (nSPS) is 14.5. The van der Waals surface area contributed by atoms with E-state index in [1.54, 1.807) is 6.08 Å². The van der Waals surface area contributed by atoms with Crippen LogP contribution in [-0.2, 0) is 4.74 Å². The second kappa shape index (κ2) is 11.6. The van der Waals surface area contributed by atoms with Crippen LogP contribution in [0.15, 0.2) is 60.9 Å². The van der Waals surface area contributed by atoms with Gasteiger partial charge in [0.05, 0.1) is 0 Å². The number of hydrogen-bond acceptors (Lipinski definition) is 6. The Morgan fingerprint density at radius 3 is 2.74 bits per heavy atom. The molecule has 0 unspecified atom stereocenters. The zero-order valence-electron chi connectivity index (χ0n) is 20.9. The first-order valence-corrected chi connectivity index (χ1v) is 12.3. The van der Waals surface area contributed by atoms with Crippen LogP contribution in [0.5, 0.6) is 5.88 Å². The van der Waals surface area contributed by atoms with Gasteiger partial charge in [0.2, 0.25) is 11.8 Å². The van der Waals surface area contributed by atoms with Crippen LogP contribution in [0.25, 0.3) is 10.9 Å². The molecule has 184 valence electrons. The molecular weight excluding hydrogens is 438 g/mol.